The molecule has 2 saturated heterocycles. The molecule has 27 heavy (non-hydrogen) atoms. The Morgan fingerprint density at radius 3 is 2.63 bits per heavy atom. The van der Waals surface area contributed by atoms with Gasteiger partial charge in [0, 0.05) is 32.1 Å². The third kappa shape index (κ3) is 4.14. The second-order valence-corrected chi connectivity index (χ2v) is 10.2. The maximum atomic E-state index is 12.9. The smallest absolute Gasteiger partial charge is 0.223 e. The normalized spacial score (nSPS) is 27.4. The number of nitrogens with zero attached hydrogens (tertiary/aromatic N) is 2. The number of para-hydroxylation sites is 1. The minimum Gasteiger partial charge on any atom is -0.496 e. The molecular formula is C20H28N2O4S. The number of methoxy groups -OCH3 is 1. The molecule has 3 fully saturated rings. The maximum absolute atomic E-state index is 12.9. The van der Waals surface area contributed by atoms with E-state index in [9.17, 15) is 13.2 Å². The number of piperazine rings is 1. The van der Waals surface area contributed by atoms with E-state index in [0.29, 0.717) is 19.4 Å². The predicted molar refractivity (Wildman–Crippen MR) is 104 cm³/mol. The van der Waals surface area contributed by atoms with Crippen LogP contribution in [0.1, 0.15) is 24.8 Å². The lowest BCUT2D eigenvalue weighted by Crippen LogP contribution is -2.60. The molecule has 3 aliphatic rings. The van der Waals surface area contributed by atoms with E-state index in [1.54, 1.807) is 7.11 Å². The summed E-state index contributed by atoms with van der Waals surface area (Å²) in [6.07, 6.45) is 3.49. The van der Waals surface area contributed by atoms with Gasteiger partial charge in [0.05, 0.1) is 24.7 Å². The van der Waals surface area contributed by atoms with Crippen LogP contribution in [-0.2, 0) is 21.1 Å². The largest absolute Gasteiger partial charge is 0.496 e. The number of ether oxygens (including phenoxy) is 1. The van der Waals surface area contributed by atoms with E-state index < -0.39 is 9.84 Å². The summed E-state index contributed by atoms with van der Waals surface area (Å²) in [6.45, 7) is 2.40. The lowest BCUT2D eigenvalue weighted by Gasteiger charge is -2.44. The molecule has 4 rings (SSSR count). The second-order valence-electron chi connectivity index (χ2n) is 8.05. The Morgan fingerprint density at radius 1 is 1.15 bits per heavy atom. The van der Waals surface area contributed by atoms with Crippen LogP contribution in [-0.4, -0.2) is 74.5 Å². The molecule has 148 valence electrons. The second kappa shape index (κ2) is 7.43. The summed E-state index contributed by atoms with van der Waals surface area (Å²) in [6, 6.07) is 7.51. The van der Waals surface area contributed by atoms with Gasteiger partial charge < -0.3 is 9.64 Å². The van der Waals surface area contributed by atoms with Gasteiger partial charge in [-0.3, -0.25) is 9.69 Å². The van der Waals surface area contributed by atoms with Crippen LogP contribution in [0.3, 0.4) is 0 Å². The standard InChI is InChI=1S/C20H28N2O4S/c1-26-19-5-3-2-4-16(19)8-9-20(23)22-11-10-21(12-15-6-7-15)17-13-27(24,25)14-18(17)22/h2-5,15,17-18H,6-14H2,1H3/t17-,18+/m1/s1. The Labute approximate surface area is 161 Å². The molecule has 2 aliphatic heterocycles. The number of hydrogen-bond acceptors (Lipinski definition) is 5. The van der Waals surface area contributed by atoms with Crippen molar-refractivity contribution in [1.82, 2.24) is 9.80 Å². The van der Waals surface area contributed by atoms with Crippen LogP contribution >= 0.6 is 0 Å². The van der Waals surface area contributed by atoms with Gasteiger partial charge in [-0.1, -0.05) is 18.2 Å². The first-order valence-corrected chi connectivity index (χ1v) is 11.6. The number of aryl methyl sites for hydroxylation is 1. The topological polar surface area (TPSA) is 66.9 Å². The van der Waals surface area contributed by atoms with E-state index in [1.165, 1.54) is 12.8 Å². The Bertz CT molecular complexity index is 806. The Balaban J connectivity index is 1.44. The number of carbonyl (C=O) groups excluding carboxylic acids is 1. The summed E-state index contributed by atoms with van der Waals surface area (Å²) in [5, 5.41) is 0. The summed E-state index contributed by atoms with van der Waals surface area (Å²) < 4.78 is 30.0. The molecule has 1 saturated carbocycles. The van der Waals surface area contributed by atoms with E-state index in [4.69, 9.17) is 4.74 Å². The average molecular weight is 393 g/mol. The van der Waals surface area contributed by atoms with E-state index in [-0.39, 0.29) is 29.5 Å². The van der Waals surface area contributed by atoms with Crippen LogP contribution in [0.25, 0.3) is 0 Å². The highest BCUT2D eigenvalue weighted by molar-refractivity contribution is 7.91. The van der Waals surface area contributed by atoms with Crippen LogP contribution in [0, 0.1) is 5.92 Å². The summed E-state index contributed by atoms with van der Waals surface area (Å²) in [7, 11) is -1.44. The van der Waals surface area contributed by atoms with Gasteiger partial charge in [-0.05, 0) is 36.8 Å². The van der Waals surface area contributed by atoms with Gasteiger partial charge in [-0.15, -0.1) is 0 Å². The van der Waals surface area contributed by atoms with Gasteiger partial charge in [0.25, 0.3) is 0 Å². The highest BCUT2D eigenvalue weighted by atomic mass is 32.2. The molecule has 1 aromatic carbocycles. The van der Waals surface area contributed by atoms with Crippen molar-refractivity contribution in [2.45, 2.75) is 37.8 Å². The number of amides is 1. The van der Waals surface area contributed by atoms with Crippen molar-refractivity contribution in [3.63, 3.8) is 0 Å². The van der Waals surface area contributed by atoms with E-state index >= 15 is 0 Å². The number of carbonyl (C=O) groups is 1. The molecular weight excluding hydrogens is 364 g/mol. The van der Waals surface area contributed by atoms with Crippen LogP contribution in [0.2, 0.25) is 0 Å². The van der Waals surface area contributed by atoms with Gasteiger partial charge in [-0.25, -0.2) is 8.42 Å². The number of fused-ring (bicyclic) bond motifs is 1. The molecule has 0 unspecified atom stereocenters. The molecule has 0 aromatic heterocycles. The van der Waals surface area contributed by atoms with Crippen LogP contribution in [0.5, 0.6) is 5.75 Å². The zero-order valence-corrected chi connectivity index (χ0v) is 16.7. The van der Waals surface area contributed by atoms with Gasteiger partial charge in [-0.2, -0.15) is 0 Å². The SMILES string of the molecule is COc1ccccc1CCC(=O)N1CCN(CC2CC2)[C@@H]2CS(=O)(=O)C[C@@H]21. The fourth-order valence-electron chi connectivity index (χ4n) is 4.49. The summed E-state index contributed by atoms with van der Waals surface area (Å²) in [4.78, 5) is 17.1. The lowest BCUT2D eigenvalue weighted by molar-refractivity contribution is -0.137. The van der Waals surface area contributed by atoms with E-state index in [0.717, 1.165) is 30.3 Å². The Hall–Kier alpha value is -1.60. The van der Waals surface area contributed by atoms with E-state index in [1.807, 2.05) is 29.2 Å². The highest BCUT2D eigenvalue weighted by Gasteiger charge is 2.48. The monoisotopic (exact) mass is 392 g/mol. The number of sulfone groups is 1. The molecule has 6 nitrogen and oxygen atoms in total. The van der Waals surface area contributed by atoms with Crippen molar-refractivity contribution >= 4 is 15.7 Å². The van der Waals surface area contributed by atoms with E-state index in [2.05, 4.69) is 4.90 Å². The van der Waals surface area contributed by atoms with Gasteiger partial charge in [0.15, 0.2) is 9.84 Å². The van der Waals surface area contributed by atoms with Crippen molar-refractivity contribution < 1.29 is 17.9 Å². The Kier molecular flexibility index (Phi) is 5.16. The Morgan fingerprint density at radius 2 is 1.89 bits per heavy atom. The molecule has 0 bridgehead atoms. The number of hydrogen-bond donors (Lipinski definition) is 0. The molecule has 7 heteroatoms. The molecule has 0 radical (unpaired) electrons. The first-order chi connectivity index (χ1) is 13.0. The van der Waals surface area contributed by atoms with Gasteiger partial charge >= 0.3 is 0 Å². The van der Waals surface area contributed by atoms with Crippen molar-refractivity contribution in [3.05, 3.63) is 29.8 Å². The molecule has 2 atom stereocenters. The molecule has 0 N–H and O–H groups in total. The predicted octanol–water partition coefficient (Wildman–Crippen LogP) is 1.35. The minimum absolute atomic E-state index is 0.0282. The summed E-state index contributed by atoms with van der Waals surface area (Å²) >= 11 is 0. The lowest BCUT2D eigenvalue weighted by atomic mass is 10.0. The van der Waals surface area contributed by atoms with Crippen LogP contribution in [0.4, 0.5) is 0 Å². The van der Waals surface area contributed by atoms with Crippen LogP contribution in [0.15, 0.2) is 24.3 Å². The summed E-state index contributed by atoms with van der Waals surface area (Å²) in [5.74, 6) is 1.88. The quantitative estimate of drug-likeness (QED) is 0.731. The molecule has 1 aromatic rings. The minimum atomic E-state index is -3.08. The van der Waals surface area contributed by atoms with Crippen molar-refractivity contribution in [2.75, 3.05) is 38.2 Å². The molecule has 0 spiro atoms. The molecule has 1 aliphatic carbocycles. The third-order valence-corrected chi connectivity index (χ3v) is 7.80. The van der Waals surface area contributed by atoms with Crippen LogP contribution < -0.4 is 4.74 Å². The zero-order chi connectivity index (χ0) is 19.0. The fourth-order valence-corrected chi connectivity index (χ4v) is 6.50. The molecule has 2 heterocycles. The first kappa shape index (κ1) is 18.7. The van der Waals surface area contributed by atoms with Crippen molar-refractivity contribution in [1.29, 1.82) is 0 Å². The van der Waals surface area contributed by atoms with Crippen molar-refractivity contribution in [3.8, 4) is 5.75 Å². The van der Waals surface area contributed by atoms with Gasteiger partial charge in [0.1, 0.15) is 5.75 Å². The van der Waals surface area contributed by atoms with Gasteiger partial charge in [0.2, 0.25) is 5.91 Å². The zero-order valence-electron chi connectivity index (χ0n) is 15.8. The third-order valence-electron chi connectivity index (χ3n) is 6.10. The maximum Gasteiger partial charge on any atom is 0.223 e. The first-order valence-electron chi connectivity index (χ1n) is 9.82. The molecule has 1 amide bonds. The fraction of sp³-hybridized carbons (Fsp3) is 0.650. The summed E-state index contributed by atoms with van der Waals surface area (Å²) in [5.41, 5.74) is 1.01. The average Bonchev–Trinajstić information content (AvgIpc) is 3.40. The number of benzene rings is 1. The number of rotatable bonds is 6. The highest BCUT2D eigenvalue weighted by Crippen LogP contribution is 2.34. The van der Waals surface area contributed by atoms with Crippen molar-refractivity contribution in [2.24, 2.45) is 5.92 Å².